The van der Waals surface area contributed by atoms with Crippen LogP contribution in [0.15, 0.2) is 89.8 Å². The van der Waals surface area contributed by atoms with Crippen molar-refractivity contribution in [1.29, 1.82) is 0 Å². The topological polar surface area (TPSA) is 58.2 Å². The Morgan fingerprint density at radius 3 is 1.84 bits per heavy atom. The van der Waals surface area contributed by atoms with E-state index in [0.717, 1.165) is 42.5 Å². The standard InChI is InChI=1S/C26H32N2O2S/c1-3-4-11-20-27-25(22-12-7-5-8-13-22)26(23-14-9-6-10-15-23)28-31(29,30)24-18-16-21(2)17-19-24/h5-10,12-19,25-28H,3-4,11,20H2,1-2H3/t25?,26-/m0/s1. The number of sulfonamides is 1. The number of hydrogen-bond acceptors (Lipinski definition) is 3. The van der Waals surface area contributed by atoms with E-state index in [1.54, 1.807) is 12.1 Å². The minimum absolute atomic E-state index is 0.194. The molecule has 0 radical (unpaired) electrons. The summed E-state index contributed by atoms with van der Waals surface area (Å²) in [6.45, 7) is 4.95. The number of unbranched alkanes of at least 4 members (excludes halogenated alkanes) is 2. The largest absolute Gasteiger partial charge is 0.308 e. The van der Waals surface area contributed by atoms with Gasteiger partial charge < -0.3 is 5.32 Å². The number of hydrogen-bond donors (Lipinski definition) is 2. The molecular formula is C26H32N2O2S. The van der Waals surface area contributed by atoms with Crippen LogP contribution in [0.3, 0.4) is 0 Å². The lowest BCUT2D eigenvalue weighted by molar-refractivity contribution is 0.417. The Hall–Kier alpha value is -2.47. The Labute approximate surface area is 186 Å². The fraction of sp³-hybridized carbons (Fsp3) is 0.308. The average Bonchev–Trinajstić information content (AvgIpc) is 2.79. The number of nitrogens with one attached hydrogen (secondary N) is 2. The lowest BCUT2D eigenvalue weighted by Gasteiger charge is -2.30. The van der Waals surface area contributed by atoms with Gasteiger partial charge in [-0.05, 0) is 43.1 Å². The molecule has 5 heteroatoms. The Bertz CT molecular complexity index is 1020. The monoisotopic (exact) mass is 436 g/mol. The van der Waals surface area contributed by atoms with E-state index in [2.05, 4.69) is 17.0 Å². The van der Waals surface area contributed by atoms with Crippen molar-refractivity contribution in [3.8, 4) is 0 Å². The first-order chi connectivity index (χ1) is 15.0. The third kappa shape index (κ3) is 6.50. The van der Waals surface area contributed by atoms with Gasteiger partial charge in [0.1, 0.15) is 0 Å². The smallest absolute Gasteiger partial charge is 0.241 e. The van der Waals surface area contributed by atoms with Gasteiger partial charge in [0.05, 0.1) is 17.0 Å². The zero-order valence-electron chi connectivity index (χ0n) is 18.3. The van der Waals surface area contributed by atoms with Crippen molar-refractivity contribution < 1.29 is 8.42 Å². The molecule has 0 heterocycles. The predicted octanol–water partition coefficient (Wildman–Crippen LogP) is 5.54. The summed E-state index contributed by atoms with van der Waals surface area (Å²) in [6.07, 6.45) is 3.32. The van der Waals surface area contributed by atoms with Gasteiger partial charge in [-0.1, -0.05) is 98.1 Å². The SMILES string of the molecule is CCCCCNC(c1ccccc1)[C@@H](NS(=O)(=O)c1ccc(C)cc1)c1ccccc1. The molecule has 2 N–H and O–H groups in total. The highest BCUT2D eigenvalue weighted by atomic mass is 32.2. The summed E-state index contributed by atoms with van der Waals surface area (Å²) in [4.78, 5) is 0.275. The summed E-state index contributed by atoms with van der Waals surface area (Å²) < 4.78 is 29.6. The maximum atomic E-state index is 13.3. The van der Waals surface area contributed by atoms with Crippen LogP contribution < -0.4 is 10.0 Å². The van der Waals surface area contributed by atoms with E-state index < -0.39 is 16.1 Å². The molecule has 0 fully saturated rings. The number of rotatable bonds is 11. The normalized spacial score (nSPS) is 13.6. The van der Waals surface area contributed by atoms with Crippen LogP contribution in [-0.2, 0) is 10.0 Å². The van der Waals surface area contributed by atoms with Crippen molar-refractivity contribution in [2.75, 3.05) is 6.54 Å². The molecule has 3 aromatic carbocycles. The lowest BCUT2D eigenvalue weighted by Crippen LogP contribution is -2.39. The molecular weight excluding hydrogens is 404 g/mol. The van der Waals surface area contributed by atoms with E-state index in [-0.39, 0.29) is 10.9 Å². The van der Waals surface area contributed by atoms with Crippen LogP contribution in [0.2, 0.25) is 0 Å². The molecule has 0 aliphatic carbocycles. The van der Waals surface area contributed by atoms with E-state index in [0.29, 0.717) is 0 Å². The highest BCUT2D eigenvalue weighted by Crippen LogP contribution is 2.31. The lowest BCUT2D eigenvalue weighted by atomic mass is 9.94. The number of benzene rings is 3. The molecule has 0 spiro atoms. The van der Waals surface area contributed by atoms with Crippen LogP contribution in [0.1, 0.15) is 55.0 Å². The summed E-state index contributed by atoms with van der Waals surface area (Å²) in [7, 11) is -3.70. The molecule has 31 heavy (non-hydrogen) atoms. The van der Waals surface area contributed by atoms with Crippen LogP contribution in [0, 0.1) is 6.92 Å². The Kier molecular flexibility index (Phi) is 8.41. The summed E-state index contributed by atoms with van der Waals surface area (Å²) in [5, 5.41) is 3.63. The Balaban J connectivity index is 1.98. The second-order valence-electron chi connectivity index (χ2n) is 7.87. The predicted molar refractivity (Wildman–Crippen MR) is 127 cm³/mol. The molecule has 0 aliphatic heterocycles. The summed E-state index contributed by atoms with van der Waals surface area (Å²) >= 11 is 0. The molecule has 0 aromatic heterocycles. The zero-order valence-corrected chi connectivity index (χ0v) is 19.1. The molecule has 0 saturated carbocycles. The van der Waals surface area contributed by atoms with Gasteiger partial charge >= 0.3 is 0 Å². The maximum Gasteiger partial charge on any atom is 0.241 e. The third-order valence-electron chi connectivity index (χ3n) is 5.41. The van der Waals surface area contributed by atoms with Crippen LogP contribution in [0.4, 0.5) is 0 Å². The van der Waals surface area contributed by atoms with Gasteiger partial charge in [0.2, 0.25) is 10.0 Å². The summed E-state index contributed by atoms with van der Waals surface area (Å²) in [6, 6.07) is 26.2. The van der Waals surface area contributed by atoms with E-state index in [1.165, 1.54) is 0 Å². The van der Waals surface area contributed by atoms with Gasteiger partial charge in [-0.2, -0.15) is 0 Å². The van der Waals surface area contributed by atoms with Gasteiger partial charge in [-0.3, -0.25) is 0 Å². The van der Waals surface area contributed by atoms with Crippen LogP contribution in [0.5, 0.6) is 0 Å². The van der Waals surface area contributed by atoms with Crippen LogP contribution in [0.25, 0.3) is 0 Å². The molecule has 3 aromatic rings. The van der Waals surface area contributed by atoms with Gasteiger partial charge in [0.25, 0.3) is 0 Å². The quantitative estimate of drug-likeness (QED) is 0.388. The van der Waals surface area contributed by atoms with Crippen LogP contribution >= 0.6 is 0 Å². The molecule has 3 rings (SSSR count). The Morgan fingerprint density at radius 1 is 0.742 bits per heavy atom. The number of aryl methyl sites for hydroxylation is 1. The highest BCUT2D eigenvalue weighted by Gasteiger charge is 2.29. The average molecular weight is 437 g/mol. The van der Waals surface area contributed by atoms with E-state index in [9.17, 15) is 8.42 Å². The van der Waals surface area contributed by atoms with Crippen molar-refractivity contribution in [1.82, 2.24) is 10.0 Å². The third-order valence-corrected chi connectivity index (χ3v) is 6.87. The first-order valence-electron chi connectivity index (χ1n) is 10.9. The molecule has 1 unspecified atom stereocenters. The minimum atomic E-state index is -3.70. The van der Waals surface area contributed by atoms with Crippen molar-refractivity contribution in [2.24, 2.45) is 0 Å². The molecule has 4 nitrogen and oxygen atoms in total. The summed E-state index contributed by atoms with van der Waals surface area (Å²) in [5.74, 6) is 0. The molecule has 0 aliphatic rings. The molecule has 164 valence electrons. The Morgan fingerprint density at radius 2 is 1.29 bits per heavy atom. The van der Waals surface area contributed by atoms with Crippen molar-refractivity contribution in [3.05, 3.63) is 102 Å². The van der Waals surface area contributed by atoms with E-state index in [4.69, 9.17) is 0 Å². The van der Waals surface area contributed by atoms with E-state index in [1.807, 2.05) is 79.7 Å². The minimum Gasteiger partial charge on any atom is -0.308 e. The first-order valence-corrected chi connectivity index (χ1v) is 12.4. The van der Waals surface area contributed by atoms with Gasteiger partial charge in [-0.25, -0.2) is 13.1 Å². The molecule has 2 atom stereocenters. The van der Waals surface area contributed by atoms with Crippen LogP contribution in [-0.4, -0.2) is 15.0 Å². The molecule has 0 amide bonds. The van der Waals surface area contributed by atoms with Crippen molar-refractivity contribution >= 4 is 10.0 Å². The highest BCUT2D eigenvalue weighted by molar-refractivity contribution is 7.89. The zero-order chi connectivity index (χ0) is 22.1. The summed E-state index contributed by atoms with van der Waals surface area (Å²) in [5.41, 5.74) is 3.01. The fourth-order valence-electron chi connectivity index (χ4n) is 3.66. The molecule has 0 bridgehead atoms. The fourth-order valence-corrected chi connectivity index (χ4v) is 4.90. The van der Waals surface area contributed by atoms with Gasteiger partial charge in [0.15, 0.2) is 0 Å². The first kappa shape index (κ1) is 23.2. The second kappa shape index (κ2) is 11.2. The maximum absolute atomic E-state index is 13.3. The second-order valence-corrected chi connectivity index (χ2v) is 9.59. The van der Waals surface area contributed by atoms with Crippen molar-refractivity contribution in [2.45, 2.75) is 50.1 Å². The van der Waals surface area contributed by atoms with Gasteiger partial charge in [-0.15, -0.1) is 0 Å². The van der Waals surface area contributed by atoms with Crippen molar-refractivity contribution in [3.63, 3.8) is 0 Å². The van der Waals surface area contributed by atoms with E-state index >= 15 is 0 Å². The molecule has 0 saturated heterocycles. The van der Waals surface area contributed by atoms with Gasteiger partial charge in [0, 0.05) is 0 Å².